The van der Waals surface area contributed by atoms with Gasteiger partial charge in [-0.3, -0.25) is 9.59 Å². The van der Waals surface area contributed by atoms with E-state index in [2.05, 4.69) is 19.2 Å². The molecular formula is C24H33FN4O2+2. The van der Waals surface area contributed by atoms with Crippen LogP contribution in [0.5, 0.6) is 0 Å². The molecule has 6 nitrogen and oxygen atoms in total. The third kappa shape index (κ3) is 7.15. The second-order valence-corrected chi connectivity index (χ2v) is 8.51. The number of hydrogen-bond donors (Lipinski definition) is 3. The fourth-order valence-electron chi connectivity index (χ4n) is 3.96. The second-order valence-electron chi connectivity index (χ2n) is 8.51. The maximum atomic E-state index is 13.3. The molecule has 0 radical (unpaired) electrons. The smallest absolute Gasteiger partial charge is 0.279 e. The second kappa shape index (κ2) is 11.0. The molecule has 1 aliphatic rings. The van der Waals surface area contributed by atoms with E-state index in [0.29, 0.717) is 25.3 Å². The molecule has 0 spiro atoms. The third-order valence-electron chi connectivity index (χ3n) is 5.72. The number of carbonyl (C=O) groups is 2. The number of anilines is 1. The predicted octanol–water partition coefficient (Wildman–Crippen LogP) is -0.0152. The van der Waals surface area contributed by atoms with Gasteiger partial charge in [0.05, 0.1) is 0 Å². The van der Waals surface area contributed by atoms with E-state index in [1.54, 1.807) is 12.1 Å². The van der Waals surface area contributed by atoms with E-state index in [0.717, 1.165) is 31.7 Å². The maximum absolute atomic E-state index is 13.3. The van der Waals surface area contributed by atoms with Crippen LogP contribution in [0.1, 0.15) is 19.4 Å². The molecule has 2 aromatic carbocycles. The Hall–Kier alpha value is -2.77. The summed E-state index contributed by atoms with van der Waals surface area (Å²) in [4.78, 5) is 29.6. The molecule has 0 bridgehead atoms. The number of rotatable bonds is 8. The number of amides is 2. The van der Waals surface area contributed by atoms with E-state index in [1.165, 1.54) is 21.9 Å². The molecule has 2 amide bonds. The number of quaternary nitrogens is 2. The summed E-state index contributed by atoms with van der Waals surface area (Å²) in [7, 11) is 0. The quantitative estimate of drug-likeness (QED) is 0.554. The van der Waals surface area contributed by atoms with Gasteiger partial charge < -0.3 is 20.0 Å². The number of benzene rings is 2. The average Bonchev–Trinajstić information content (AvgIpc) is 2.74. The molecule has 1 saturated heterocycles. The lowest BCUT2D eigenvalue weighted by atomic mass is 10.2. The summed E-state index contributed by atoms with van der Waals surface area (Å²) in [6.45, 7) is 8.93. The third-order valence-corrected chi connectivity index (χ3v) is 5.72. The summed E-state index contributed by atoms with van der Waals surface area (Å²) >= 11 is 0. The summed E-state index contributed by atoms with van der Waals surface area (Å²) in [5.41, 5.74) is 1.62. The van der Waals surface area contributed by atoms with Gasteiger partial charge in [0, 0.05) is 18.3 Å². The number of halogens is 1. The van der Waals surface area contributed by atoms with Gasteiger partial charge in [0.25, 0.3) is 11.8 Å². The molecule has 1 fully saturated rings. The lowest BCUT2D eigenvalue weighted by Crippen LogP contribution is -3.28. The Morgan fingerprint density at radius 2 is 1.61 bits per heavy atom. The lowest BCUT2D eigenvalue weighted by molar-refractivity contribution is -1.00. The SMILES string of the molecule is CC(C)N(Cc1ccccc1)C(=O)C[NH+]1CC[NH+](CC(=O)Nc2cccc(F)c2)CC1. The Bertz CT molecular complexity index is 867. The molecule has 0 saturated carbocycles. The minimum absolute atomic E-state index is 0.117. The fourth-order valence-corrected chi connectivity index (χ4v) is 3.96. The van der Waals surface area contributed by atoms with Crippen molar-refractivity contribution in [2.75, 3.05) is 44.6 Å². The van der Waals surface area contributed by atoms with E-state index < -0.39 is 0 Å². The minimum Gasteiger partial charge on any atom is -0.331 e. The first kappa shape index (κ1) is 22.9. The van der Waals surface area contributed by atoms with Crippen molar-refractivity contribution in [3.63, 3.8) is 0 Å². The van der Waals surface area contributed by atoms with Crippen molar-refractivity contribution in [1.29, 1.82) is 0 Å². The highest BCUT2D eigenvalue weighted by atomic mass is 19.1. The summed E-state index contributed by atoms with van der Waals surface area (Å²) in [5.74, 6) is -0.315. The van der Waals surface area contributed by atoms with Crippen LogP contribution >= 0.6 is 0 Å². The Labute approximate surface area is 183 Å². The zero-order valence-electron chi connectivity index (χ0n) is 18.4. The van der Waals surface area contributed by atoms with Gasteiger partial charge in [-0.2, -0.15) is 0 Å². The largest absolute Gasteiger partial charge is 0.331 e. The standard InChI is InChI=1S/C24H31FN4O2/c1-19(2)29(16-20-7-4-3-5-8-20)24(31)18-28-13-11-27(12-14-28)17-23(30)26-22-10-6-9-21(25)15-22/h3-10,15,19H,11-14,16-18H2,1-2H3,(H,26,30)/p+2. The topological polar surface area (TPSA) is 58.3 Å². The average molecular weight is 429 g/mol. The molecule has 0 unspecified atom stereocenters. The van der Waals surface area contributed by atoms with Crippen LogP contribution < -0.4 is 15.1 Å². The van der Waals surface area contributed by atoms with Gasteiger partial charge in [0.2, 0.25) is 0 Å². The van der Waals surface area contributed by atoms with E-state index in [1.807, 2.05) is 35.2 Å². The Morgan fingerprint density at radius 1 is 0.968 bits per heavy atom. The van der Waals surface area contributed by atoms with Crippen molar-refractivity contribution >= 4 is 17.5 Å². The van der Waals surface area contributed by atoms with Crippen LogP contribution in [0.25, 0.3) is 0 Å². The first-order valence-electron chi connectivity index (χ1n) is 11.0. The summed E-state index contributed by atoms with van der Waals surface area (Å²) < 4.78 is 13.3. The van der Waals surface area contributed by atoms with Crippen molar-refractivity contribution in [3.05, 3.63) is 66.0 Å². The van der Waals surface area contributed by atoms with Crippen LogP contribution in [0.4, 0.5) is 10.1 Å². The molecule has 3 N–H and O–H groups in total. The summed E-state index contributed by atoms with van der Waals surface area (Å²) in [6, 6.07) is 16.1. The predicted molar refractivity (Wildman–Crippen MR) is 118 cm³/mol. The normalized spacial score (nSPS) is 18.6. The highest BCUT2D eigenvalue weighted by Gasteiger charge is 2.28. The maximum Gasteiger partial charge on any atom is 0.279 e. The van der Waals surface area contributed by atoms with Gasteiger partial charge in [-0.05, 0) is 37.6 Å². The Kier molecular flexibility index (Phi) is 8.14. The van der Waals surface area contributed by atoms with E-state index in [9.17, 15) is 14.0 Å². The Morgan fingerprint density at radius 3 is 2.23 bits per heavy atom. The molecule has 0 aromatic heterocycles. The van der Waals surface area contributed by atoms with Gasteiger partial charge in [-0.25, -0.2) is 4.39 Å². The molecule has 0 atom stereocenters. The van der Waals surface area contributed by atoms with Crippen LogP contribution in [0.2, 0.25) is 0 Å². The molecule has 166 valence electrons. The molecule has 1 aliphatic heterocycles. The monoisotopic (exact) mass is 428 g/mol. The Balaban J connectivity index is 1.44. The van der Waals surface area contributed by atoms with E-state index >= 15 is 0 Å². The molecule has 3 rings (SSSR count). The van der Waals surface area contributed by atoms with Gasteiger partial charge in [-0.15, -0.1) is 0 Å². The number of nitrogens with one attached hydrogen (secondary N) is 3. The number of nitrogens with zero attached hydrogens (tertiary/aromatic N) is 1. The molecule has 2 aromatic rings. The number of carbonyl (C=O) groups excluding carboxylic acids is 2. The van der Waals surface area contributed by atoms with Gasteiger partial charge in [0.1, 0.15) is 32.0 Å². The first-order chi connectivity index (χ1) is 14.9. The summed E-state index contributed by atoms with van der Waals surface area (Å²) in [5, 5.41) is 2.76. The minimum atomic E-state index is -0.366. The van der Waals surface area contributed by atoms with Crippen LogP contribution in [0, 0.1) is 5.82 Å². The molecule has 7 heteroatoms. The zero-order chi connectivity index (χ0) is 22.2. The van der Waals surface area contributed by atoms with Crippen LogP contribution in [0.15, 0.2) is 54.6 Å². The van der Waals surface area contributed by atoms with E-state index in [4.69, 9.17) is 0 Å². The van der Waals surface area contributed by atoms with Crippen molar-refractivity contribution < 1.29 is 23.8 Å². The van der Waals surface area contributed by atoms with Gasteiger partial charge >= 0.3 is 0 Å². The molecular weight excluding hydrogens is 395 g/mol. The number of hydrogen-bond acceptors (Lipinski definition) is 2. The van der Waals surface area contributed by atoms with Gasteiger partial charge in [0.15, 0.2) is 13.1 Å². The van der Waals surface area contributed by atoms with Crippen LogP contribution in [-0.4, -0.2) is 62.0 Å². The van der Waals surface area contributed by atoms with Crippen molar-refractivity contribution in [2.24, 2.45) is 0 Å². The highest BCUT2D eigenvalue weighted by molar-refractivity contribution is 5.91. The van der Waals surface area contributed by atoms with Crippen molar-refractivity contribution in [3.8, 4) is 0 Å². The molecule has 1 heterocycles. The zero-order valence-corrected chi connectivity index (χ0v) is 18.4. The fraction of sp³-hybridized carbons (Fsp3) is 0.417. The highest BCUT2D eigenvalue weighted by Crippen LogP contribution is 2.09. The summed E-state index contributed by atoms with van der Waals surface area (Å²) in [6.07, 6.45) is 0. The van der Waals surface area contributed by atoms with Crippen LogP contribution in [-0.2, 0) is 16.1 Å². The molecule has 0 aliphatic carbocycles. The van der Waals surface area contributed by atoms with Crippen molar-refractivity contribution in [2.45, 2.75) is 26.4 Å². The van der Waals surface area contributed by atoms with E-state index in [-0.39, 0.29) is 23.7 Å². The van der Waals surface area contributed by atoms with Gasteiger partial charge in [-0.1, -0.05) is 36.4 Å². The number of piperazine rings is 1. The van der Waals surface area contributed by atoms with Crippen LogP contribution in [0.3, 0.4) is 0 Å². The first-order valence-corrected chi connectivity index (χ1v) is 11.0. The van der Waals surface area contributed by atoms with Crippen molar-refractivity contribution in [1.82, 2.24) is 4.90 Å². The lowest BCUT2D eigenvalue weighted by Gasteiger charge is -2.32. The molecule has 31 heavy (non-hydrogen) atoms.